The Morgan fingerprint density at radius 1 is 1.50 bits per heavy atom. The summed E-state index contributed by atoms with van der Waals surface area (Å²) in [6.45, 7) is 6.24. The minimum absolute atomic E-state index is 0.531. The van der Waals surface area contributed by atoms with Crippen LogP contribution in [-0.4, -0.2) is 12.5 Å². The predicted molar refractivity (Wildman–Crippen MR) is 50.6 cm³/mol. The van der Waals surface area contributed by atoms with Crippen molar-refractivity contribution in [3.8, 4) is 0 Å². The van der Waals surface area contributed by atoms with Gasteiger partial charge in [-0.25, -0.2) is 0 Å². The molecular weight excluding hydrogens is 142 g/mol. The van der Waals surface area contributed by atoms with E-state index in [-0.39, 0.29) is 0 Å². The van der Waals surface area contributed by atoms with Crippen molar-refractivity contribution in [2.45, 2.75) is 20.8 Å². The van der Waals surface area contributed by atoms with Crippen molar-refractivity contribution in [2.24, 2.45) is 10.9 Å². The molecule has 0 spiro atoms. The summed E-state index contributed by atoms with van der Waals surface area (Å²) < 4.78 is 0. The monoisotopic (exact) mass is 157 g/mol. The molecule has 1 nitrogen and oxygen atoms in total. The topological polar surface area (TPSA) is 12.4 Å². The van der Waals surface area contributed by atoms with E-state index in [0.29, 0.717) is 5.92 Å². The second-order valence-electron chi connectivity index (χ2n) is 2.32. The van der Waals surface area contributed by atoms with Gasteiger partial charge in [-0.2, -0.15) is 0 Å². The second-order valence-corrected chi connectivity index (χ2v) is 3.03. The van der Waals surface area contributed by atoms with Gasteiger partial charge in [-0.3, -0.25) is 4.99 Å². The first kappa shape index (κ1) is 9.76. The summed E-state index contributed by atoms with van der Waals surface area (Å²) in [4.78, 5) is 4.23. The highest BCUT2D eigenvalue weighted by atomic mass is 32.2. The summed E-state index contributed by atoms with van der Waals surface area (Å²) in [5, 5.41) is 2.09. The molecular formula is C8H15NS. The van der Waals surface area contributed by atoms with Crippen molar-refractivity contribution in [1.29, 1.82) is 0 Å². The maximum absolute atomic E-state index is 4.23. The number of rotatable bonds is 3. The van der Waals surface area contributed by atoms with Crippen LogP contribution in [0.3, 0.4) is 0 Å². The largest absolute Gasteiger partial charge is 0.265 e. The molecule has 58 valence electrons. The number of nitrogens with zero attached hydrogens (tertiary/aromatic N) is 1. The molecule has 0 bridgehead atoms. The van der Waals surface area contributed by atoms with E-state index >= 15 is 0 Å². The van der Waals surface area contributed by atoms with Gasteiger partial charge in [0.2, 0.25) is 0 Å². The number of thioether (sulfide) groups is 1. The van der Waals surface area contributed by atoms with Gasteiger partial charge in [0.25, 0.3) is 0 Å². The van der Waals surface area contributed by atoms with E-state index in [1.165, 1.54) is 0 Å². The normalized spacial score (nSPS) is 13.5. The van der Waals surface area contributed by atoms with Crippen LogP contribution in [0, 0.1) is 5.92 Å². The molecule has 0 N–H and O–H groups in total. The van der Waals surface area contributed by atoms with Gasteiger partial charge in [-0.1, -0.05) is 13.8 Å². The molecule has 0 fully saturated rings. The fourth-order valence-electron chi connectivity index (χ4n) is 0.585. The van der Waals surface area contributed by atoms with Gasteiger partial charge in [0.15, 0.2) is 0 Å². The zero-order valence-corrected chi connectivity index (χ0v) is 7.90. The highest BCUT2D eigenvalue weighted by molar-refractivity contribution is 8.01. The van der Waals surface area contributed by atoms with Crippen LogP contribution in [0.1, 0.15) is 20.8 Å². The minimum Gasteiger partial charge on any atom is -0.265 e. The van der Waals surface area contributed by atoms with Crippen molar-refractivity contribution in [1.82, 2.24) is 0 Å². The molecule has 0 aliphatic rings. The highest BCUT2D eigenvalue weighted by Gasteiger charge is 1.97. The number of hydrogen-bond donors (Lipinski definition) is 0. The Morgan fingerprint density at radius 2 is 2.10 bits per heavy atom. The maximum Gasteiger partial charge on any atom is 0.0487 e. The molecule has 2 heteroatoms. The smallest absolute Gasteiger partial charge is 0.0487 e. The summed E-state index contributed by atoms with van der Waals surface area (Å²) in [7, 11) is 0. The van der Waals surface area contributed by atoms with Gasteiger partial charge in [0.1, 0.15) is 0 Å². The van der Waals surface area contributed by atoms with Crippen LogP contribution in [0.15, 0.2) is 16.1 Å². The highest BCUT2D eigenvalue weighted by Crippen LogP contribution is 2.13. The Kier molecular flexibility index (Phi) is 5.40. The first-order chi connectivity index (χ1) is 4.72. The Morgan fingerprint density at radius 3 is 2.40 bits per heavy atom. The fourth-order valence-corrected chi connectivity index (χ4v) is 1.16. The molecule has 0 aliphatic heterocycles. The predicted octanol–water partition coefficient (Wildman–Crippen LogP) is 2.94. The minimum atomic E-state index is 0.531. The number of aliphatic imine (C=N–C) groups is 1. The van der Waals surface area contributed by atoms with Crippen LogP contribution in [0.2, 0.25) is 0 Å². The number of allylic oxidation sites excluding steroid dienone is 1. The maximum atomic E-state index is 4.23. The van der Waals surface area contributed by atoms with Crippen molar-refractivity contribution in [2.75, 3.05) is 6.26 Å². The molecule has 0 aromatic rings. The molecule has 0 unspecified atom stereocenters. The lowest BCUT2D eigenvalue weighted by Gasteiger charge is -2.03. The molecule has 0 aliphatic carbocycles. The third kappa shape index (κ3) is 3.72. The SMILES string of the molecule is C/C=N\C(=C/SC)C(C)C. The van der Waals surface area contributed by atoms with E-state index < -0.39 is 0 Å². The summed E-state index contributed by atoms with van der Waals surface area (Å²) >= 11 is 1.70. The first-order valence-corrected chi connectivity index (χ1v) is 4.72. The van der Waals surface area contributed by atoms with Crippen molar-refractivity contribution >= 4 is 18.0 Å². The first-order valence-electron chi connectivity index (χ1n) is 3.44. The molecule has 0 heterocycles. The molecule has 10 heavy (non-hydrogen) atoms. The van der Waals surface area contributed by atoms with Gasteiger partial charge in [-0.05, 0) is 24.5 Å². The van der Waals surface area contributed by atoms with Crippen LogP contribution in [0.4, 0.5) is 0 Å². The standard InChI is InChI=1S/C8H15NS/c1-5-9-8(6-10-4)7(2)3/h5-7H,1-4H3/b8-6-,9-5-. The Bertz CT molecular complexity index is 136. The summed E-state index contributed by atoms with van der Waals surface area (Å²) in [5.41, 5.74) is 1.16. The summed E-state index contributed by atoms with van der Waals surface area (Å²) in [6.07, 6.45) is 3.88. The lowest BCUT2D eigenvalue weighted by atomic mass is 10.2. The van der Waals surface area contributed by atoms with Gasteiger partial charge in [0, 0.05) is 11.9 Å². The molecule has 0 rings (SSSR count). The van der Waals surface area contributed by atoms with Crippen LogP contribution in [0.5, 0.6) is 0 Å². The van der Waals surface area contributed by atoms with E-state index in [9.17, 15) is 0 Å². The lowest BCUT2D eigenvalue weighted by molar-refractivity contribution is 0.762. The van der Waals surface area contributed by atoms with Crippen molar-refractivity contribution < 1.29 is 0 Å². The molecule has 0 aromatic carbocycles. The average Bonchev–Trinajstić information content (AvgIpc) is 1.87. The van der Waals surface area contributed by atoms with Crippen LogP contribution < -0.4 is 0 Å². The third-order valence-corrected chi connectivity index (χ3v) is 1.59. The molecule has 0 aromatic heterocycles. The van der Waals surface area contributed by atoms with Gasteiger partial charge in [0.05, 0.1) is 0 Å². The second kappa shape index (κ2) is 5.54. The zero-order chi connectivity index (χ0) is 7.98. The Labute approximate surface area is 67.6 Å². The van der Waals surface area contributed by atoms with Gasteiger partial charge in [-0.15, -0.1) is 11.8 Å². The Balaban J connectivity index is 4.11. The summed E-state index contributed by atoms with van der Waals surface area (Å²) in [5.74, 6) is 0.531. The van der Waals surface area contributed by atoms with E-state index in [1.54, 1.807) is 11.8 Å². The number of hydrogen-bond acceptors (Lipinski definition) is 2. The van der Waals surface area contributed by atoms with Crippen molar-refractivity contribution in [3.63, 3.8) is 0 Å². The third-order valence-electron chi connectivity index (χ3n) is 1.11. The Hall–Kier alpha value is -0.240. The van der Waals surface area contributed by atoms with Crippen LogP contribution in [0.25, 0.3) is 0 Å². The molecule has 0 radical (unpaired) electrons. The fraction of sp³-hybridized carbons (Fsp3) is 0.625. The van der Waals surface area contributed by atoms with Crippen LogP contribution in [-0.2, 0) is 0 Å². The van der Waals surface area contributed by atoms with E-state index in [0.717, 1.165) is 5.70 Å². The lowest BCUT2D eigenvalue weighted by Crippen LogP contribution is -1.89. The molecule has 0 saturated heterocycles. The van der Waals surface area contributed by atoms with Crippen LogP contribution >= 0.6 is 11.8 Å². The van der Waals surface area contributed by atoms with Crippen molar-refractivity contribution in [3.05, 3.63) is 11.1 Å². The molecule has 0 atom stereocenters. The van der Waals surface area contributed by atoms with E-state index in [2.05, 4.69) is 24.2 Å². The van der Waals surface area contributed by atoms with E-state index in [1.807, 2.05) is 19.4 Å². The molecule has 0 amide bonds. The van der Waals surface area contributed by atoms with Gasteiger partial charge >= 0.3 is 0 Å². The quantitative estimate of drug-likeness (QED) is 0.574. The summed E-state index contributed by atoms with van der Waals surface area (Å²) in [6, 6.07) is 0. The molecule has 0 saturated carbocycles. The zero-order valence-electron chi connectivity index (χ0n) is 7.09. The average molecular weight is 157 g/mol. The van der Waals surface area contributed by atoms with E-state index in [4.69, 9.17) is 0 Å². The van der Waals surface area contributed by atoms with Gasteiger partial charge < -0.3 is 0 Å².